The largest absolute Gasteiger partial charge is 0.294 e. The van der Waals surface area contributed by atoms with Crippen LogP contribution in [-0.4, -0.2) is 15.8 Å². The fourth-order valence-corrected chi connectivity index (χ4v) is 3.92. The fraction of sp³-hybridized carbons (Fsp3) is 0.136. The van der Waals surface area contributed by atoms with Crippen LogP contribution in [0.4, 0.5) is 4.39 Å². The maximum atomic E-state index is 13.1. The van der Waals surface area contributed by atoms with E-state index >= 15 is 0 Å². The monoisotopic (exact) mass is 376 g/mol. The summed E-state index contributed by atoms with van der Waals surface area (Å²) in [5.41, 5.74) is 4.71. The number of hydrogen-bond donors (Lipinski definition) is 0. The van der Waals surface area contributed by atoms with Crippen LogP contribution in [0, 0.1) is 19.7 Å². The van der Waals surface area contributed by atoms with Gasteiger partial charge in [-0.15, -0.1) is 11.3 Å². The summed E-state index contributed by atoms with van der Waals surface area (Å²) in [6.45, 7) is 3.81. The van der Waals surface area contributed by atoms with E-state index in [1.807, 2.05) is 32.0 Å². The lowest BCUT2D eigenvalue weighted by molar-refractivity contribution is 0.0992. The third-order valence-electron chi connectivity index (χ3n) is 4.45. The molecule has 0 radical (unpaired) electrons. The standard InChI is InChI=1S/C22H17FN2OS/c1-13-18(8-9-19(24-13)16-4-6-17(23)7-5-16)21(26)12-15-3-10-22-20(11-15)25-14(2)27-22/h3-11H,12H2,1-2H3. The second kappa shape index (κ2) is 7.00. The highest BCUT2D eigenvalue weighted by Gasteiger charge is 2.13. The molecule has 0 atom stereocenters. The van der Waals surface area contributed by atoms with Crippen LogP contribution in [0.3, 0.4) is 0 Å². The van der Waals surface area contributed by atoms with Gasteiger partial charge in [-0.2, -0.15) is 0 Å². The minimum atomic E-state index is -0.283. The molecule has 0 unspecified atom stereocenters. The van der Waals surface area contributed by atoms with Gasteiger partial charge in [0.2, 0.25) is 0 Å². The number of nitrogens with zero attached hydrogens (tertiary/aromatic N) is 2. The molecular formula is C22H17FN2OS. The molecule has 0 aliphatic heterocycles. The maximum absolute atomic E-state index is 13.1. The molecule has 0 aliphatic rings. The number of hydrogen-bond acceptors (Lipinski definition) is 4. The van der Waals surface area contributed by atoms with Crippen molar-refractivity contribution in [3.63, 3.8) is 0 Å². The van der Waals surface area contributed by atoms with Crippen LogP contribution in [0.5, 0.6) is 0 Å². The Bertz CT molecular complexity index is 1150. The molecule has 3 nitrogen and oxygen atoms in total. The fourth-order valence-electron chi connectivity index (χ4n) is 3.12. The smallest absolute Gasteiger partial charge is 0.169 e. The van der Waals surface area contributed by atoms with E-state index in [0.29, 0.717) is 17.7 Å². The third-order valence-corrected chi connectivity index (χ3v) is 5.40. The maximum Gasteiger partial charge on any atom is 0.169 e. The van der Waals surface area contributed by atoms with Gasteiger partial charge in [0.15, 0.2) is 5.78 Å². The predicted octanol–water partition coefficient (Wildman–Crippen LogP) is 5.54. The second-order valence-electron chi connectivity index (χ2n) is 6.47. The number of pyridine rings is 1. The van der Waals surface area contributed by atoms with Crippen molar-refractivity contribution in [3.8, 4) is 11.3 Å². The van der Waals surface area contributed by atoms with Gasteiger partial charge in [0.1, 0.15) is 5.82 Å². The molecule has 5 heteroatoms. The highest BCUT2D eigenvalue weighted by atomic mass is 32.1. The van der Waals surface area contributed by atoms with Gasteiger partial charge in [0.25, 0.3) is 0 Å². The molecule has 0 N–H and O–H groups in total. The van der Waals surface area contributed by atoms with E-state index in [0.717, 1.165) is 32.0 Å². The van der Waals surface area contributed by atoms with Crippen LogP contribution in [0.1, 0.15) is 26.6 Å². The number of aromatic nitrogens is 2. The van der Waals surface area contributed by atoms with Crippen LogP contribution >= 0.6 is 11.3 Å². The first-order valence-corrected chi connectivity index (χ1v) is 9.44. The number of ketones is 1. The first kappa shape index (κ1) is 17.5. The van der Waals surface area contributed by atoms with Crippen molar-refractivity contribution in [2.24, 2.45) is 0 Å². The van der Waals surface area contributed by atoms with Crippen molar-refractivity contribution in [2.45, 2.75) is 20.3 Å². The average molecular weight is 376 g/mol. The van der Waals surface area contributed by atoms with Crippen molar-refractivity contribution < 1.29 is 9.18 Å². The number of rotatable bonds is 4. The van der Waals surface area contributed by atoms with Crippen LogP contribution in [-0.2, 0) is 6.42 Å². The van der Waals surface area contributed by atoms with E-state index < -0.39 is 0 Å². The molecule has 27 heavy (non-hydrogen) atoms. The Balaban J connectivity index is 1.58. The SMILES string of the molecule is Cc1nc2cc(CC(=O)c3ccc(-c4ccc(F)cc4)nc3C)ccc2s1. The second-order valence-corrected chi connectivity index (χ2v) is 7.71. The van der Waals surface area contributed by atoms with Gasteiger partial charge in [-0.3, -0.25) is 9.78 Å². The zero-order valence-corrected chi connectivity index (χ0v) is 15.8. The lowest BCUT2D eigenvalue weighted by Gasteiger charge is -2.08. The zero-order chi connectivity index (χ0) is 19.0. The van der Waals surface area contributed by atoms with E-state index in [-0.39, 0.29) is 11.6 Å². The molecule has 0 fully saturated rings. The van der Waals surface area contributed by atoms with Gasteiger partial charge >= 0.3 is 0 Å². The number of halogens is 1. The molecule has 2 aromatic heterocycles. The quantitative estimate of drug-likeness (QED) is 0.439. The van der Waals surface area contributed by atoms with Crippen molar-refractivity contribution in [1.29, 1.82) is 0 Å². The van der Waals surface area contributed by atoms with Crippen molar-refractivity contribution in [2.75, 3.05) is 0 Å². The number of fused-ring (bicyclic) bond motifs is 1. The molecule has 4 rings (SSSR count). The normalized spacial score (nSPS) is 11.1. The van der Waals surface area contributed by atoms with Gasteiger partial charge in [-0.25, -0.2) is 9.37 Å². The Morgan fingerprint density at radius 3 is 2.52 bits per heavy atom. The van der Waals surface area contributed by atoms with Crippen molar-refractivity contribution in [1.82, 2.24) is 9.97 Å². The molecule has 2 heterocycles. The first-order valence-electron chi connectivity index (χ1n) is 8.62. The summed E-state index contributed by atoms with van der Waals surface area (Å²) in [4.78, 5) is 21.8. The highest BCUT2D eigenvalue weighted by molar-refractivity contribution is 7.18. The van der Waals surface area contributed by atoms with Gasteiger partial charge < -0.3 is 0 Å². The van der Waals surface area contributed by atoms with Crippen LogP contribution < -0.4 is 0 Å². The van der Waals surface area contributed by atoms with Crippen LogP contribution in [0.15, 0.2) is 54.6 Å². The molecule has 0 saturated carbocycles. The summed E-state index contributed by atoms with van der Waals surface area (Å²) in [6, 6.07) is 15.8. The molecule has 0 saturated heterocycles. The number of thiazole rings is 1. The summed E-state index contributed by atoms with van der Waals surface area (Å²) in [7, 11) is 0. The number of Topliss-reactive ketones (excluding diaryl/α,β-unsaturated/α-hetero) is 1. The minimum absolute atomic E-state index is 0.0250. The molecule has 0 bridgehead atoms. The summed E-state index contributed by atoms with van der Waals surface area (Å²) in [5.74, 6) is -0.258. The van der Waals surface area contributed by atoms with E-state index in [4.69, 9.17) is 0 Å². The lowest BCUT2D eigenvalue weighted by Crippen LogP contribution is -2.07. The predicted molar refractivity (Wildman–Crippen MR) is 107 cm³/mol. The Labute approximate surface area is 160 Å². The Kier molecular flexibility index (Phi) is 4.54. The molecular weight excluding hydrogens is 359 g/mol. The molecule has 0 spiro atoms. The number of aryl methyl sites for hydroxylation is 2. The first-order chi connectivity index (χ1) is 13.0. The summed E-state index contributed by atoms with van der Waals surface area (Å²) in [6.07, 6.45) is 0.310. The number of carbonyl (C=O) groups is 1. The van der Waals surface area contributed by atoms with E-state index in [1.165, 1.54) is 12.1 Å². The molecule has 2 aromatic carbocycles. The Morgan fingerprint density at radius 1 is 1.00 bits per heavy atom. The summed E-state index contributed by atoms with van der Waals surface area (Å²) in [5, 5.41) is 1.02. The average Bonchev–Trinajstić information content (AvgIpc) is 3.01. The third kappa shape index (κ3) is 3.64. The lowest BCUT2D eigenvalue weighted by atomic mass is 10.0. The van der Waals surface area contributed by atoms with Gasteiger partial charge in [0.05, 0.1) is 20.9 Å². The summed E-state index contributed by atoms with van der Waals surface area (Å²) >= 11 is 1.65. The number of benzene rings is 2. The molecule has 0 amide bonds. The van der Waals surface area contributed by atoms with Gasteiger partial charge in [-0.1, -0.05) is 6.07 Å². The Morgan fingerprint density at radius 2 is 1.78 bits per heavy atom. The molecule has 134 valence electrons. The summed E-state index contributed by atoms with van der Waals surface area (Å²) < 4.78 is 14.2. The Hall–Kier alpha value is -2.92. The molecule has 4 aromatic rings. The van der Waals surface area contributed by atoms with Gasteiger partial charge in [-0.05, 0) is 67.9 Å². The highest BCUT2D eigenvalue weighted by Crippen LogP contribution is 2.24. The van der Waals surface area contributed by atoms with Gasteiger partial charge in [0, 0.05) is 23.2 Å². The minimum Gasteiger partial charge on any atom is -0.294 e. The van der Waals surface area contributed by atoms with Crippen molar-refractivity contribution in [3.05, 3.63) is 82.2 Å². The van der Waals surface area contributed by atoms with Crippen LogP contribution in [0.2, 0.25) is 0 Å². The zero-order valence-electron chi connectivity index (χ0n) is 15.0. The topological polar surface area (TPSA) is 42.9 Å². The molecule has 0 aliphatic carbocycles. The van der Waals surface area contributed by atoms with E-state index in [9.17, 15) is 9.18 Å². The van der Waals surface area contributed by atoms with Crippen molar-refractivity contribution >= 4 is 27.3 Å². The van der Waals surface area contributed by atoms with Crippen LogP contribution in [0.25, 0.3) is 21.5 Å². The van der Waals surface area contributed by atoms with E-state index in [1.54, 1.807) is 35.6 Å². The number of carbonyl (C=O) groups excluding carboxylic acids is 1. The van der Waals surface area contributed by atoms with E-state index in [2.05, 4.69) is 9.97 Å².